The molecule has 0 unspecified atom stereocenters. The van der Waals surface area contributed by atoms with E-state index in [1.165, 1.54) is 0 Å². The number of amides is 1. The van der Waals surface area contributed by atoms with Gasteiger partial charge in [-0.05, 0) is 37.1 Å². The maximum Gasteiger partial charge on any atom is 0.224 e. The fourth-order valence-electron chi connectivity index (χ4n) is 1.50. The molecule has 19 heavy (non-hydrogen) atoms. The normalized spacial score (nSPS) is 10.2. The summed E-state index contributed by atoms with van der Waals surface area (Å²) in [4.78, 5) is 11.5. The van der Waals surface area contributed by atoms with Gasteiger partial charge in [-0.25, -0.2) is 0 Å². The van der Waals surface area contributed by atoms with Crippen molar-refractivity contribution in [3.63, 3.8) is 0 Å². The summed E-state index contributed by atoms with van der Waals surface area (Å²) < 4.78 is 10.3. The average Bonchev–Trinajstić information content (AvgIpc) is 2.41. The highest BCUT2D eigenvalue weighted by atomic mass is 16.5. The molecule has 1 aromatic rings. The van der Waals surface area contributed by atoms with Gasteiger partial charge in [0.25, 0.3) is 0 Å². The average molecular weight is 267 g/mol. The van der Waals surface area contributed by atoms with Crippen LogP contribution in [0.15, 0.2) is 24.3 Å². The molecule has 1 amide bonds. The predicted octanol–water partition coefficient (Wildman–Crippen LogP) is 1.81. The van der Waals surface area contributed by atoms with Crippen molar-refractivity contribution in [2.75, 3.05) is 32.2 Å². The van der Waals surface area contributed by atoms with Crippen molar-refractivity contribution in [3.8, 4) is 5.75 Å². The third-order valence-corrected chi connectivity index (χ3v) is 2.51. The van der Waals surface area contributed by atoms with Crippen LogP contribution in [0.5, 0.6) is 5.75 Å². The second-order valence-electron chi connectivity index (χ2n) is 4.09. The highest BCUT2D eigenvalue weighted by Crippen LogP contribution is 2.16. The summed E-state index contributed by atoms with van der Waals surface area (Å²) in [7, 11) is 1.62. The molecular weight excluding hydrogens is 246 g/mol. The van der Waals surface area contributed by atoms with Gasteiger partial charge in [0, 0.05) is 25.8 Å². The molecule has 0 heterocycles. The van der Waals surface area contributed by atoms with E-state index in [2.05, 4.69) is 5.32 Å². The Morgan fingerprint density at radius 1 is 1.21 bits per heavy atom. The largest absolute Gasteiger partial charge is 0.491 e. The van der Waals surface area contributed by atoms with E-state index in [0.717, 1.165) is 11.4 Å². The van der Waals surface area contributed by atoms with Gasteiger partial charge in [0.15, 0.2) is 0 Å². The Balaban J connectivity index is 2.32. The van der Waals surface area contributed by atoms with Gasteiger partial charge in [-0.15, -0.1) is 0 Å². The van der Waals surface area contributed by atoms with Crippen LogP contribution in [0.2, 0.25) is 0 Å². The van der Waals surface area contributed by atoms with Crippen molar-refractivity contribution in [2.24, 2.45) is 0 Å². The molecule has 0 aromatic heterocycles. The molecule has 5 nitrogen and oxygen atoms in total. The molecule has 0 saturated heterocycles. The van der Waals surface area contributed by atoms with E-state index in [9.17, 15) is 4.79 Å². The molecule has 0 atom stereocenters. The Labute approximate surface area is 113 Å². The summed E-state index contributed by atoms with van der Waals surface area (Å²) in [5.74, 6) is 0.705. The van der Waals surface area contributed by atoms with E-state index < -0.39 is 0 Å². The minimum atomic E-state index is -0.0403. The van der Waals surface area contributed by atoms with Crippen molar-refractivity contribution in [1.29, 1.82) is 0 Å². The highest BCUT2D eigenvalue weighted by molar-refractivity contribution is 5.90. The molecular formula is C14H21NO4. The summed E-state index contributed by atoms with van der Waals surface area (Å²) in [6.45, 7) is 1.17. The first kappa shape index (κ1) is 15.5. The van der Waals surface area contributed by atoms with Crippen molar-refractivity contribution < 1.29 is 19.4 Å². The molecule has 106 valence electrons. The van der Waals surface area contributed by atoms with Gasteiger partial charge >= 0.3 is 0 Å². The number of rotatable bonds is 9. The van der Waals surface area contributed by atoms with E-state index in [4.69, 9.17) is 14.6 Å². The van der Waals surface area contributed by atoms with Gasteiger partial charge in [-0.2, -0.15) is 0 Å². The summed E-state index contributed by atoms with van der Waals surface area (Å²) in [6.07, 6.45) is 1.77. The number of methoxy groups -OCH3 is 1. The topological polar surface area (TPSA) is 67.8 Å². The number of aliphatic hydroxyl groups is 1. The number of carbonyl (C=O) groups is 1. The van der Waals surface area contributed by atoms with E-state index in [1.54, 1.807) is 31.4 Å². The zero-order valence-electron chi connectivity index (χ0n) is 11.2. The van der Waals surface area contributed by atoms with Crippen molar-refractivity contribution in [2.45, 2.75) is 19.3 Å². The van der Waals surface area contributed by atoms with Gasteiger partial charge in [-0.1, -0.05) is 0 Å². The first-order valence-corrected chi connectivity index (χ1v) is 6.38. The summed E-state index contributed by atoms with van der Waals surface area (Å²) in [6, 6.07) is 7.20. The fraction of sp³-hybridized carbons (Fsp3) is 0.500. The van der Waals surface area contributed by atoms with E-state index in [0.29, 0.717) is 32.5 Å². The Morgan fingerprint density at radius 3 is 2.58 bits per heavy atom. The maximum absolute atomic E-state index is 11.5. The first-order valence-electron chi connectivity index (χ1n) is 6.38. The maximum atomic E-state index is 11.5. The van der Waals surface area contributed by atoms with Gasteiger partial charge in [-0.3, -0.25) is 4.79 Å². The van der Waals surface area contributed by atoms with Crippen LogP contribution in [0.3, 0.4) is 0 Å². The summed E-state index contributed by atoms with van der Waals surface area (Å²) in [5, 5.41) is 11.4. The Kier molecular flexibility index (Phi) is 7.62. The van der Waals surface area contributed by atoms with E-state index in [1.807, 2.05) is 0 Å². The molecule has 0 bridgehead atoms. The standard InChI is InChI=1S/C14H21NO4/c1-18-10-11-19-13-7-5-12(6-8-13)15-14(17)4-2-3-9-16/h5-8,16H,2-4,9-11H2,1H3,(H,15,17). The van der Waals surface area contributed by atoms with Crippen molar-refractivity contribution >= 4 is 11.6 Å². The number of carbonyl (C=O) groups excluding carboxylic acids is 1. The molecule has 0 fully saturated rings. The fourth-order valence-corrected chi connectivity index (χ4v) is 1.50. The van der Waals surface area contributed by atoms with Crippen molar-refractivity contribution in [1.82, 2.24) is 0 Å². The quantitative estimate of drug-likeness (QED) is 0.670. The second kappa shape index (κ2) is 9.35. The van der Waals surface area contributed by atoms with Gasteiger partial charge in [0.2, 0.25) is 5.91 Å². The molecule has 0 radical (unpaired) electrons. The number of hydrogen-bond acceptors (Lipinski definition) is 4. The van der Waals surface area contributed by atoms with Crippen LogP contribution in [0, 0.1) is 0 Å². The van der Waals surface area contributed by atoms with Gasteiger partial charge in [0.05, 0.1) is 6.61 Å². The van der Waals surface area contributed by atoms with Crippen LogP contribution < -0.4 is 10.1 Å². The number of unbranched alkanes of at least 4 members (excludes halogenated alkanes) is 1. The SMILES string of the molecule is COCCOc1ccc(NC(=O)CCCCO)cc1. The van der Waals surface area contributed by atoms with Crippen LogP contribution in [0.1, 0.15) is 19.3 Å². The molecule has 5 heteroatoms. The molecule has 0 spiro atoms. The van der Waals surface area contributed by atoms with Gasteiger partial charge in [0.1, 0.15) is 12.4 Å². The Morgan fingerprint density at radius 2 is 1.95 bits per heavy atom. The van der Waals surface area contributed by atoms with Crippen LogP contribution >= 0.6 is 0 Å². The minimum Gasteiger partial charge on any atom is -0.491 e. The summed E-state index contributed by atoms with van der Waals surface area (Å²) in [5.41, 5.74) is 0.744. The smallest absolute Gasteiger partial charge is 0.224 e. The molecule has 0 saturated carbocycles. The number of nitrogens with one attached hydrogen (secondary N) is 1. The Hall–Kier alpha value is -1.59. The molecule has 0 aliphatic carbocycles. The first-order chi connectivity index (χ1) is 9.26. The van der Waals surface area contributed by atoms with E-state index in [-0.39, 0.29) is 12.5 Å². The van der Waals surface area contributed by atoms with Crippen LogP contribution in [0.4, 0.5) is 5.69 Å². The zero-order valence-corrected chi connectivity index (χ0v) is 11.2. The number of ether oxygens (including phenoxy) is 2. The second-order valence-corrected chi connectivity index (χ2v) is 4.09. The molecule has 0 aliphatic heterocycles. The molecule has 0 aliphatic rings. The minimum absolute atomic E-state index is 0.0403. The molecule has 1 rings (SSSR count). The zero-order chi connectivity index (χ0) is 13.9. The highest BCUT2D eigenvalue weighted by Gasteiger charge is 2.02. The Bertz CT molecular complexity index is 364. The lowest BCUT2D eigenvalue weighted by Gasteiger charge is -2.08. The number of aliphatic hydroxyl groups excluding tert-OH is 1. The lowest BCUT2D eigenvalue weighted by atomic mass is 10.2. The van der Waals surface area contributed by atoms with Crippen LogP contribution in [-0.4, -0.2) is 37.9 Å². The van der Waals surface area contributed by atoms with Crippen molar-refractivity contribution in [3.05, 3.63) is 24.3 Å². The predicted molar refractivity (Wildman–Crippen MR) is 73.4 cm³/mol. The van der Waals surface area contributed by atoms with Crippen LogP contribution in [-0.2, 0) is 9.53 Å². The molecule has 1 aromatic carbocycles. The number of hydrogen-bond donors (Lipinski definition) is 2. The summed E-state index contributed by atoms with van der Waals surface area (Å²) >= 11 is 0. The lowest BCUT2D eigenvalue weighted by molar-refractivity contribution is -0.116. The third-order valence-electron chi connectivity index (χ3n) is 2.51. The van der Waals surface area contributed by atoms with Crippen LogP contribution in [0.25, 0.3) is 0 Å². The lowest BCUT2D eigenvalue weighted by Crippen LogP contribution is -2.11. The van der Waals surface area contributed by atoms with E-state index >= 15 is 0 Å². The molecule has 2 N–H and O–H groups in total. The van der Waals surface area contributed by atoms with Gasteiger partial charge < -0.3 is 19.9 Å². The third kappa shape index (κ3) is 6.79. The number of anilines is 1. The monoisotopic (exact) mass is 267 g/mol. The number of benzene rings is 1.